The van der Waals surface area contributed by atoms with Crippen molar-refractivity contribution in [1.82, 2.24) is 15.1 Å². The number of carbonyl (C=O) groups excluding carboxylic acids is 1. The topological polar surface area (TPSA) is 70.2 Å². The normalized spacial score (nSPS) is 9.89. The predicted octanol–water partition coefficient (Wildman–Crippen LogP) is 2.38. The first-order valence-electron chi connectivity index (χ1n) is 5.29. The Balaban J connectivity index is 2.00. The van der Waals surface area contributed by atoms with Gasteiger partial charge in [0.25, 0.3) is 0 Å². The van der Waals surface area contributed by atoms with E-state index >= 15 is 0 Å². The van der Waals surface area contributed by atoms with Gasteiger partial charge < -0.3 is 10.2 Å². The van der Waals surface area contributed by atoms with E-state index in [1.165, 1.54) is 16.2 Å². The molecule has 1 aromatic carbocycles. The van der Waals surface area contributed by atoms with Gasteiger partial charge in [-0.1, -0.05) is 29.5 Å². The van der Waals surface area contributed by atoms with Crippen LogP contribution in [-0.2, 0) is 0 Å². The van der Waals surface area contributed by atoms with E-state index in [-0.39, 0.29) is 6.03 Å². The van der Waals surface area contributed by atoms with E-state index in [9.17, 15) is 4.79 Å². The summed E-state index contributed by atoms with van der Waals surface area (Å²) in [4.78, 5) is 12.8. The van der Waals surface area contributed by atoms with Gasteiger partial charge in [-0.2, -0.15) is 0 Å². The summed E-state index contributed by atoms with van der Waals surface area (Å²) in [6.07, 6.45) is 0. The van der Waals surface area contributed by atoms with Crippen LogP contribution in [0.5, 0.6) is 0 Å². The molecule has 0 radical (unpaired) electrons. The van der Waals surface area contributed by atoms with Crippen LogP contribution in [0.25, 0.3) is 0 Å². The third kappa shape index (κ3) is 3.17. The van der Waals surface area contributed by atoms with E-state index in [2.05, 4.69) is 20.8 Å². The van der Waals surface area contributed by atoms with Crippen molar-refractivity contribution in [3.63, 3.8) is 0 Å². The maximum absolute atomic E-state index is 11.4. The summed E-state index contributed by atoms with van der Waals surface area (Å²) in [6, 6.07) is 9.43. The Morgan fingerprint density at radius 1 is 1.17 bits per heavy atom. The number of nitrogens with zero attached hydrogens (tertiary/aromatic N) is 3. The highest BCUT2D eigenvalue weighted by atomic mass is 32.1. The van der Waals surface area contributed by atoms with E-state index in [1.807, 2.05) is 30.3 Å². The number of urea groups is 1. The van der Waals surface area contributed by atoms with Crippen LogP contribution in [0, 0.1) is 0 Å². The number of para-hydroxylation sites is 1. The lowest BCUT2D eigenvalue weighted by atomic mass is 10.3. The zero-order valence-corrected chi connectivity index (χ0v) is 10.9. The molecule has 0 saturated carbocycles. The number of rotatable bonds is 3. The van der Waals surface area contributed by atoms with Crippen molar-refractivity contribution in [2.45, 2.75) is 0 Å². The lowest BCUT2D eigenvalue weighted by molar-refractivity contribution is 0.230. The zero-order chi connectivity index (χ0) is 13.0. The Labute approximate surface area is 109 Å². The van der Waals surface area contributed by atoms with Gasteiger partial charge in [0.1, 0.15) is 0 Å². The average molecular weight is 263 g/mol. The quantitative estimate of drug-likeness (QED) is 0.892. The van der Waals surface area contributed by atoms with E-state index < -0.39 is 0 Å². The molecule has 7 heteroatoms. The van der Waals surface area contributed by atoms with Crippen LogP contribution in [0.15, 0.2) is 30.3 Å². The van der Waals surface area contributed by atoms with E-state index in [0.29, 0.717) is 10.3 Å². The zero-order valence-electron chi connectivity index (χ0n) is 10.0. The molecule has 0 bridgehead atoms. The third-order valence-corrected chi connectivity index (χ3v) is 2.82. The second kappa shape index (κ2) is 5.46. The van der Waals surface area contributed by atoms with E-state index in [4.69, 9.17) is 0 Å². The fourth-order valence-corrected chi connectivity index (χ4v) is 1.83. The monoisotopic (exact) mass is 263 g/mol. The molecule has 1 heterocycles. The molecule has 0 fully saturated rings. The van der Waals surface area contributed by atoms with E-state index in [0.717, 1.165) is 5.69 Å². The molecule has 0 atom stereocenters. The van der Waals surface area contributed by atoms with Gasteiger partial charge in [-0.3, -0.25) is 5.32 Å². The fraction of sp³-hybridized carbons (Fsp3) is 0.182. The number of amides is 2. The van der Waals surface area contributed by atoms with Crippen molar-refractivity contribution in [2.24, 2.45) is 0 Å². The Kier molecular flexibility index (Phi) is 3.73. The lowest BCUT2D eigenvalue weighted by Gasteiger charge is -2.08. The molecule has 0 unspecified atom stereocenters. The van der Waals surface area contributed by atoms with Crippen LogP contribution in [0.4, 0.5) is 20.7 Å². The molecule has 2 N–H and O–H groups in total. The SMILES string of the molecule is CN(C)C(=O)Nc1nnc(Nc2ccccc2)s1. The van der Waals surface area contributed by atoms with Gasteiger partial charge in [0.15, 0.2) is 0 Å². The Morgan fingerprint density at radius 3 is 2.50 bits per heavy atom. The van der Waals surface area contributed by atoms with Gasteiger partial charge in [0.05, 0.1) is 0 Å². The highest BCUT2D eigenvalue weighted by Gasteiger charge is 2.09. The summed E-state index contributed by atoms with van der Waals surface area (Å²) in [7, 11) is 3.33. The molecule has 1 aromatic heterocycles. The third-order valence-electron chi connectivity index (χ3n) is 2.07. The number of aromatic nitrogens is 2. The minimum atomic E-state index is -0.225. The number of benzene rings is 1. The van der Waals surface area contributed by atoms with Gasteiger partial charge in [0.2, 0.25) is 10.3 Å². The first-order chi connectivity index (χ1) is 8.65. The number of hydrogen-bond donors (Lipinski definition) is 2. The molecule has 0 spiro atoms. The van der Waals surface area contributed by atoms with Crippen LogP contribution in [0.3, 0.4) is 0 Å². The number of anilines is 3. The maximum Gasteiger partial charge on any atom is 0.323 e. The highest BCUT2D eigenvalue weighted by molar-refractivity contribution is 7.19. The van der Waals surface area contributed by atoms with Crippen LogP contribution in [0.1, 0.15) is 0 Å². The number of hydrogen-bond acceptors (Lipinski definition) is 5. The maximum atomic E-state index is 11.4. The summed E-state index contributed by atoms with van der Waals surface area (Å²) in [6.45, 7) is 0. The van der Waals surface area contributed by atoms with Gasteiger partial charge in [-0.05, 0) is 12.1 Å². The largest absolute Gasteiger partial charge is 0.331 e. The number of nitrogens with one attached hydrogen (secondary N) is 2. The molecule has 2 amide bonds. The molecule has 0 saturated heterocycles. The summed E-state index contributed by atoms with van der Waals surface area (Å²) in [5.41, 5.74) is 0.930. The van der Waals surface area contributed by atoms with Gasteiger partial charge in [-0.25, -0.2) is 4.79 Å². The van der Waals surface area contributed by atoms with Crippen molar-refractivity contribution < 1.29 is 4.79 Å². The summed E-state index contributed by atoms with van der Waals surface area (Å²) >= 11 is 1.28. The highest BCUT2D eigenvalue weighted by Crippen LogP contribution is 2.23. The summed E-state index contributed by atoms with van der Waals surface area (Å²) < 4.78 is 0. The summed E-state index contributed by atoms with van der Waals surface area (Å²) in [5, 5.41) is 14.7. The first-order valence-corrected chi connectivity index (χ1v) is 6.10. The Bertz CT molecular complexity index is 525. The summed E-state index contributed by atoms with van der Waals surface area (Å²) in [5.74, 6) is 0. The van der Waals surface area contributed by atoms with Crippen molar-refractivity contribution in [3.05, 3.63) is 30.3 Å². The van der Waals surface area contributed by atoms with Crippen molar-refractivity contribution >= 4 is 33.3 Å². The average Bonchev–Trinajstić information content (AvgIpc) is 2.77. The molecule has 2 aromatic rings. The van der Waals surface area contributed by atoms with Crippen LogP contribution in [-0.4, -0.2) is 35.2 Å². The minimum absolute atomic E-state index is 0.225. The number of carbonyl (C=O) groups is 1. The molecule has 94 valence electrons. The fourth-order valence-electron chi connectivity index (χ4n) is 1.17. The van der Waals surface area contributed by atoms with Crippen LogP contribution >= 0.6 is 11.3 Å². The molecule has 0 aliphatic heterocycles. The van der Waals surface area contributed by atoms with Crippen molar-refractivity contribution in [3.8, 4) is 0 Å². The van der Waals surface area contributed by atoms with E-state index in [1.54, 1.807) is 14.1 Å². The molecule has 6 nitrogen and oxygen atoms in total. The molecular formula is C11H13N5OS. The molecule has 18 heavy (non-hydrogen) atoms. The van der Waals surface area contributed by atoms with Gasteiger partial charge in [0, 0.05) is 19.8 Å². The second-order valence-electron chi connectivity index (χ2n) is 3.73. The Morgan fingerprint density at radius 2 is 1.83 bits per heavy atom. The van der Waals surface area contributed by atoms with Gasteiger partial charge in [-0.15, -0.1) is 10.2 Å². The van der Waals surface area contributed by atoms with Gasteiger partial charge >= 0.3 is 6.03 Å². The first kappa shape index (κ1) is 12.3. The Hall–Kier alpha value is -2.15. The molecule has 0 aliphatic carbocycles. The van der Waals surface area contributed by atoms with Crippen molar-refractivity contribution in [1.29, 1.82) is 0 Å². The van der Waals surface area contributed by atoms with Crippen LogP contribution < -0.4 is 10.6 Å². The molecule has 0 aliphatic rings. The minimum Gasteiger partial charge on any atom is -0.331 e. The predicted molar refractivity (Wildman–Crippen MR) is 72.3 cm³/mol. The second-order valence-corrected chi connectivity index (χ2v) is 4.71. The standard InChI is InChI=1S/C11H13N5OS/c1-16(2)11(17)13-10-15-14-9(18-10)12-8-6-4-3-5-7-8/h3-7H,1-2H3,(H,12,14)(H,13,15,17). The molecular weight excluding hydrogens is 250 g/mol. The van der Waals surface area contributed by atoms with Crippen LogP contribution in [0.2, 0.25) is 0 Å². The lowest BCUT2D eigenvalue weighted by Crippen LogP contribution is -2.27. The van der Waals surface area contributed by atoms with Crippen molar-refractivity contribution in [2.75, 3.05) is 24.7 Å². The smallest absolute Gasteiger partial charge is 0.323 e. The molecule has 2 rings (SSSR count).